The van der Waals surface area contributed by atoms with Crippen LogP contribution in [0, 0.1) is 5.82 Å². The largest absolute Gasteiger partial charge is 0.378 e. The predicted molar refractivity (Wildman–Crippen MR) is 114 cm³/mol. The smallest absolute Gasteiger partial charge is 0.332 e. The highest BCUT2D eigenvalue weighted by molar-refractivity contribution is 8.00. The molecule has 0 saturated carbocycles. The third-order valence-corrected chi connectivity index (χ3v) is 6.03. The van der Waals surface area contributed by atoms with E-state index >= 15 is 0 Å². The molecule has 1 saturated heterocycles. The fourth-order valence-corrected chi connectivity index (χ4v) is 4.21. The number of ether oxygens (including phenoxy) is 1. The van der Waals surface area contributed by atoms with Crippen molar-refractivity contribution in [2.24, 2.45) is 14.1 Å². The maximum Gasteiger partial charge on any atom is 0.332 e. The van der Waals surface area contributed by atoms with E-state index in [9.17, 15) is 18.8 Å². The molecule has 0 aliphatic carbocycles. The quantitative estimate of drug-likeness (QED) is 0.432. The number of fused-ring (bicyclic) bond motifs is 1. The lowest BCUT2D eigenvalue weighted by atomic mass is 10.2. The number of nitrogens with zero attached hydrogens (tertiary/aromatic N) is 5. The number of rotatable bonds is 4. The molecule has 1 aromatic carbocycles. The van der Waals surface area contributed by atoms with Gasteiger partial charge in [-0.3, -0.25) is 18.7 Å². The minimum atomic E-state index is -0.537. The van der Waals surface area contributed by atoms with Crippen LogP contribution in [0.15, 0.2) is 38.9 Å². The molecule has 3 heterocycles. The van der Waals surface area contributed by atoms with Gasteiger partial charge in [-0.25, -0.2) is 19.2 Å². The van der Waals surface area contributed by atoms with Gasteiger partial charge in [-0.05, 0) is 24.3 Å². The van der Waals surface area contributed by atoms with Gasteiger partial charge in [-0.2, -0.15) is 0 Å². The fraction of sp³-hybridized carbons (Fsp3) is 0.350. The van der Waals surface area contributed by atoms with Crippen LogP contribution in [0.2, 0.25) is 0 Å². The maximum absolute atomic E-state index is 13.3. The Bertz CT molecular complexity index is 1270. The highest BCUT2D eigenvalue weighted by Crippen LogP contribution is 2.26. The summed E-state index contributed by atoms with van der Waals surface area (Å²) in [6.45, 7) is 2.01. The summed E-state index contributed by atoms with van der Waals surface area (Å²) >= 11 is 1.12. The van der Waals surface area contributed by atoms with Crippen molar-refractivity contribution in [1.82, 2.24) is 24.0 Å². The summed E-state index contributed by atoms with van der Waals surface area (Å²) in [7, 11) is 2.89. The summed E-state index contributed by atoms with van der Waals surface area (Å²) in [5.74, 6) is -0.195. The van der Waals surface area contributed by atoms with Crippen molar-refractivity contribution in [2.75, 3.05) is 32.1 Å². The number of aryl methyl sites for hydroxylation is 1. The molecule has 1 aliphatic heterocycles. The molecule has 3 aromatic rings. The molecule has 9 nitrogen and oxygen atoms in total. The van der Waals surface area contributed by atoms with Crippen molar-refractivity contribution in [2.45, 2.75) is 5.03 Å². The van der Waals surface area contributed by atoms with E-state index in [-0.39, 0.29) is 28.5 Å². The van der Waals surface area contributed by atoms with Gasteiger partial charge in [0.05, 0.1) is 19.0 Å². The second-order valence-corrected chi connectivity index (χ2v) is 8.01. The summed E-state index contributed by atoms with van der Waals surface area (Å²) in [4.78, 5) is 48.5. The Morgan fingerprint density at radius 1 is 1.10 bits per heavy atom. The number of morpholine rings is 1. The first-order valence-electron chi connectivity index (χ1n) is 9.59. The zero-order valence-electron chi connectivity index (χ0n) is 17.0. The molecule has 0 radical (unpaired) electrons. The second kappa shape index (κ2) is 8.60. The monoisotopic (exact) mass is 445 g/mol. The lowest BCUT2D eigenvalue weighted by Crippen LogP contribution is -2.41. The molecule has 0 N–H and O–H groups in total. The first-order chi connectivity index (χ1) is 14.9. The number of halogens is 1. The molecule has 0 bridgehead atoms. The molecule has 1 fully saturated rings. The summed E-state index contributed by atoms with van der Waals surface area (Å²) in [5, 5.41) is 0.456. The van der Waals surface area contributed by atoms with Gasteiger partial charge >= 0.3 is 5.69 Å². The van der Waals surface area contributed by atoms with E-state index in [4.69, 9.17) is 4.74 Å². The number of amides is 1. The van der Waals surface area contributed by atoms with Gasteiger partial charge in [0, 0.05) is 32.7 Å². The third kappa shape index (κ3) is 4.10. The Labute approximate surface area is 180 Å². The summed E-state index contributed by atoms with van der Waals surface area (Å²) in [6, 6.07) is 5.59. The van der Waals surface area contributed by atoms with Crippen LogP contribution >= 0.6 is 11.8 Å². The Morgan fingerprint density at radius 2 is 1.77 bits per heavy atom. The van der Waals surface area contributed by atoms with Crippen molar-refractivity contribution in [3.05, 3.63) is 50.9 Å². The summed E-state index contributed by atoms with van der Waals surface area (Å²) in [5.41, 5.74) is -0.381. The minimum Gasteiger partial charge on any atom is -0.378 e. The second-order valence-electron chi connectivity index (χ2n) is 7.05. The number of carbonyl (C=O) groups is 1. The van der Waals surface area contributed by atoms with Gasteiger partial charge in [0.1, 0.15) is 16.2 Å². The normalized spacial score (nSPS) is 14.2. The highest BCUT2D eigenvalue weighted by atomic mass is 32.2. The van der Waals surface area contributed by atoms with Gasteiger partial charge in [0.15, 0.2) is 11.5 Å². The third-order valence-electron chi connectivity index (χ3n) is 5.07. The molecular formula is C20H20FN5O4S. The van der Waals surface area contributed by atoms with Crippen molar-refractivity contribution in [1.29, 1.82) is 0 Å². The van der Waals surface area contributed by atoms with Crippen LogP contribution in [0.25, 0.3) is 22.4 Å². The fourth-order valence-electron chi connectivity index (χ4n) is 3.30. The average molecular weight is 445 g/mol. The van der Waals surface area contributed by atoms with E-state index in [0.717, 1.165) is 16.3 Å². The number of aromatic nitrogens is 4. The highest BCUT2D eigenvalue weighted by Gasteiger charge is 2.21. The lowest BCUT2D eigenvalue weighted by Gasteiger charge is -2.26. The molecule has 0 spiro atoms. The van der Waals surface area contributed by atoms with E-state index in [1.807, 2.05) is 0 Å². The van der Waals surface area contributed by atoms with Crippen LogP contribution in [-0.4, -0.2) is 62.0 Å². The summed E-state index contributed by atoms with van der Waals surface area (Å²) < 4.78 is 20.9. The Kier molecular flexibility index (Phi) is 5.88. The zero-order valence-corrected chi connectivity index (χ0v) is 17.8. The van der Waals surface area contributed by atoms with Crippen LogP contribution < -0.4 is 11.2 Å². The molecule has 1 amide bonds. The van der Waals surface area contributed by atoms with Crippen LogP contribution in [-0.2, 0) is 23.6 Å². The number of thioether (sulfide) groups is 1. The first kappa shape index (κ1) is 21.2. The number of hydrogen-bond acceptors (Lipinski definition) is 7. The molecule has 162 valence electrons. The number of hydrogen-bond donors (Lipinski definition) is 0. The van der Waals surface area contributed by atoms with Crippen LogP contribution in [0.5, 0.6) is 0 Å². The summed E-state index contributed by atoms with van der Waals surface area (Å²) in [6.07, 6.45) is 0. The predicted octanol–water partition coefficient (Wildman–Crippen LogP) is 0.784. The molecule has 31 heavy (non-hydrogen) atoms. The molecule has 0 atom stereocenters. The van der Waals surface area contributed by atoms with Gasteiger partial charge in [0.25, 0.3) is 5.56 Å². The zero-order chi connectivity index (χ0) is 22.1. The topological polar surface area (TPSA) is 99.3 Å². The van der Waals surface area contributed by atoms with Gasteiger partial charge in [0.2, 0.25) is 5.91 Å². The SMILES string of the molecule is Cn1c(=O)c2c(SCC(=O)N3CCOCC3)nc(-c3ccc(F)cc3)nc2n(C)c1=O. The van der Waals surface area contributed by atoms with E-state index in [0.29, 0.717) is 36.9 Å². The maximum atomic E-state index is 13.3. The molecule has 11 heteroatoms. The van der Waals surface area contributed by atoms with Crippen LogP contribution in [0.3, 0.4) is 0 Å². The molecule has 0 unspecified atom stereocenters. The van der Waals surface area contributed by atoms with Crippen molar-refractivity contribution in [3.8, 4) is 11.4 Å². The Morgan fingerprint density at radius 3 is 2.45 bits per heavy atom. The van der Waals surface area contributed by atoms with Crippen molar-refractivity contribution < 1.29 is 13.9 Å². The van der Waals surface area contributed by atoms with Crippen molar-refractivity contribution in [3.63, 3.8) is 0 Å². The molecular weight excluding hydrogens is 425 g/mol. The van der Waals surface area contributed by atoms with E-state index in [2.05, 4.69) is 9.97 Å². The average Bonchev–Trinajstić information content (AvgIpc) is 2.80. The lowest BCUT2D eigenvalue weighted by molar-refractivity contribution is -0.132. The number of carbonyl (C=O) groups excluding carboxylic acids is 1. The van der Waals surface area contributed by atoms with Crippen molar-refractivity contribution >= 4 is 28.7 Å². The van der Waals surface area contributed by atoms with Gasteiger partial charge in [-0.1, -0.05) is 11.8 Å². The standard InChI is InChI=1S/C20H20FN5O4S/c1-24-17-15(19(28)25(2)20(24)29)18(31-11-14(27)26-7-9-30-10-8-26)23-16(22-17)12-3-5-13(21)6-4-12/h3-6H,7-11H2,1-2H3. The first-order valence-corrected chi connectivity index (χ1v) is 10.6. The van der Waals surface area contributed by atoms with E-state index in [1.165, 1.54) is 42.9 Å². The number of benzene rings is 1. The van der Waals surface area contributed by atoms with Gasteiger partial charge < -0.3 is 9.64 Å². The van der Waals surface area contributed by atoms with Crippen LogP contribution in [0.1, 0.15) is 0 Å². The molecule has 2 aromatic heterocycles. The Balaban J connectivity index is 1.81. The molecule has 1 aliphatic rings. The van der Waals surface area contributed by atoms with Crippen LogP contribution in [0.4, 0.5) is 4.39 Å². The van der Waals surface area contributed by atoms with Gasteiger partial charge in [-0.15, -0.1) is 0 Å². The molecule has 4 rings (SSSR count). The Hall–Kier alpha value is -3.05. The minimum absolute atomic E-state index is 0.0704. The van der Waals surface area contributed by atoms with E-state index in [1.54, 1.807) is 4.90 Å². The van der Waals surface area contributed by atoms with E-state index < -0.39 is 17.1 Å².